The SMILES string of the molecule is FC1(F)S[C@@H]2c3ccccc3C[C@H]2C1(F)F. The summed E-state index contributed by atoms with van der Waals surface area (Å²) >= 11 is 0.105. The molecule has 0 N–H and O–H groups in total. The highest BCUT2D eigenvalue weighted by molar-refractivity contribution is 8.00. The van der Waals surface area contributed by atoms with Crippen LogP contribution in [0.5, 0.6) is 0 Å². The number of thioether (sulfide) groups is 1. The zero-order valence-electron chi connectivity index (χ0n) is 8.09. The molecule has 1 saturated heterocycles. The van der Waals surface area contributed by atoms with Crippen LogP contribution in [0.25, 0.3) is 0 Å². The molecular weight excluding hydrogens is 240 g/mol. The van der Waals surface area contributed by atoms with Crippen LogP contribution in [0.3, 0.4) is 0 Å². The molecule has 16 heavy (non-hydrogen) atoms. The van der Waals surface area contributed by atoms with Gasteiger partial charge in [-0.15, -0.1) is 0 Å². The monoisotopic (exact) mass is 248 g/mol. The number of hydrogen-bond donors (Lipinski definition) is 0. The second-order valence-corrected chi connectivity index (χ2v) is 5.44. The Morgan fingerprint density at radius 1 is 1.12 bits per heavy atom. The average Bonchev–Trinajstić information content (AvgIpc) is 2.64. The molecule has 0 aromatic heterocycles. The molecule has 0 saturated carbocycles. The fraction of sp³-hybridized carbons (Fsp3) is 0.455. The summed E-state index contributed by atoms with van der Waals surface area (Å²) in [6.45, 7) is 0. The van der Waals surface area contributed by atoms with Crippen molar-refractivity contribution in [2.45, 2.75) is 22.8 Å². The minimum atomic E-state index is -3.93. The van der Waals surface area contributed by atoms with E-state index in [1.165, 1.54) is 0 Å². The van der Waals surface area contributed by atoms with E-state index in [9.17, 15) is 17.6 Å². The number of benzene rings is 1. The van der Waals surface area contributed by atoms with E-state index in [2.05, 4.69) is 0 Å². The van der Waals surface area contributed by atoms with E-state index in [0.29, 0.717) is 5.56 Å². The highest BCUT2D eigenvalue weighted by Crippen LogP contribution is 2.67. The third-order valence-electron chi connectivity index (χ3n) is 3.30. The van der Waals surface area contributed by atoms with Gasteiger partial charge in [0.15, 0.2) is 0 Å². The van der Waals surface area contributed by atoms with Gasteiger partial charge in [0.2, 0.25) is 0 Å². The molecule has 3 rings (SSSR count). The molecule has 1 heterocycles. The highest BCUT2D eigenvalue weighted by Gasteiger charge is 2.71. The molecule has 0 nitrogen and oxygen atoms in total. The Hall–Kier alpha value is -0.710. The van der Waals surface area contributed by atoms with Gasteiger partial charge in [-0.2, -0.15) is 17.6 Å². The zero-order valence-corrected chi connectivity index (χ0v) is 8.91. The maximum atomic E-state index is 13.5. The van der Waals surface area contributed by atoms with E-state index in [0.717, 1.165) is 5.56 Å². The van der Waals surface area contributed by atoms with Crippen LogP contribution in [0.4, 0.5) is 17.6 Å². The zero-order chi connectivity index (χ0) is 11.6. The molecule has 86 valence electrons. The van der Waals surface area contributed by atoms with Gasteiger partial charge in [-0.1, -0.05) is 36.0 Å². The van der Waals surface area contributed by atoms with Crippen LogP contribution in [0, 0.1) is 5.92 Å². The van der Waals surface area contributed by atoms with Crippen LogP contribution in [0.1, 0.15) is 16.4 Å². The lowest BCUT2D eigenvalue weighted by Crippen LogP contribution is -2.38. The molecule has 1 aromatic rings. The molecule has 0 radical (unpaired) electrons. The lowest BCUT2D eigenvalue weighted by Gasteiger charge is -2.21. The van der Waals surface area contributed by atoms with E-state index >= 15 is 0 Å². The summed E-state index contributed by atoms with van der Waals surface area (Å²) in [6.07, 6.45) is 0.0520. The van der Waals surface area contributed by atoms with Crippen molar-refractivity contribution < 1.29 is 17.6 Å². The van der Waals surface area contributed by atoms with Crippen molar-refractivity contribution in [3.63, 3.8) is 0 Å². The van der Waals surface area contributed by atoms with E-state index in [-0.39, 0.29) is 18.2 Å². The van der Waals surface area contributed by atoms with Gasteiger partial charge >= 0.3 is 11.2 Å². The molecule has 2 aliphatic rings. The first-order valence-corrected chi connectivity index (χ1v) is 5.83. The first kappa shape index (κ1) is 10.4. The van der Waals surface area contributed by atoms with E-state index in [1.54, 1.807) is 24.3 Å². The van der Waals surface area contributed by atoms with Crippen molar-refractivity contribution in [2.24, 2.45) is 5.92 Å². The predicted octanol–water partition coefficient (Wildman–Crippen LogP) is 3.87. The van der Waals surface area contributed by atoms with Crippen molar-refractivity contribution in [3.05, 3.63) is 35.4 Å². The quantitative estimate of drug-likeness (QED) is 0.628. The Kier molecular flexibility index (Phi) is 1.92. The van der Waals surface area contributed by atoms with Crippen molar-refractivity contribution in [3.8, 4) is 0 Å². The van der Waals surface area contributed by atoms with Crippen LogP contribution in [0.2, 0.25) is 0 Å². The van der Waals surface area contributed by atoms with Gasteiger partial charge in [-0.25, -0.2) is 0 Å². The lowest BCUT2D eigenvalue weighted by atomic mass is 9.98. The fourth-order valence-corrected chi connectivity index (χ4v) is 3.89. The Morgan fingerprint density at radius 3 is 2.56 bits per heavy atom. The van der Waals surface area contributed by atoms with Crippen molar-refractivity contribution >= 4 is 11.8 Å². The van der Waals surface area contributed by atoms with Gasteiger partial charge < -0.3 is 0 Å². The summed E-state index contributed by atoms with van der Waals surface area (Å²) in [6, 6.07) is 6.87. The third kappa shape index (κ3) is 1.12. The molecule has 0 spiro atoms. The van der Waals surface area contributed by atoms with Crippen LogP contribution in [0.15, 0.2) is 24.3 Å². The van der Waals surface area contributed by atoms with Crippen molar-refractivity contribution in [1.82, 2.24) is 0 Å². The number of rotatable bonds is 0. The van der Waals surface area contributed by atoms with E-state index in [1.807, 2.05) is 0 Å². The largest absolute Gasteiger partial charge is 0.357 e. The first-order valence-electron chi connectivity index (χ1n) is 4.95. The highest BCUT2D eigenvalue weighted by atomic mass is 32.2. The molecule has 5 heteroatoms. The number of fused-ring (bicyclic) bond motifs is 3. The molecule has 1 aromatic carbocycles. The topological polar surface area (TPSA) is 0 Å². The second kappa shape index (κ2) is 2.94. The normalized spacial score (nSPS) is 33.5. The van der Waals surface area contributed by atoms with Gasteiger partial charge in [-0.05, 0) is 17.5 Å². The summed E-state index contributed by atoms with van der Waals surface area (Å²) < 4.78 is 53.2. The molecular formula is C11H8F4S. The molecule has 0 unspecified atom stereocenters. The Labute approximate surface area is 94.0 Å². The van der Waals surface area contributed by atoms with Crippen LogP contribution in [-0.2, 0) is 6.42 Å². The minimum absolute atomic E-state index is 0.0520. The standard InChI is InChI=1S/C11H8F4S/c12-10(13)8-5-6-3-1-2-4-7(6)9(8)16-11(10,14)15/h1-4,8-9H,5H2/t8-,9-/m1/s1. The van der Waals surface area contributed by atoms with Gasteiger partial charge in [0.05, 0.1) is 5.92 Å². The predicted molar refractivity (Wildman–Crippen MR) is 53.9 cm³/mol. The third-order valence-corrected chi connectivity index (χ3v) is 4.70. The second-order valence-electron chi connectivity index (χ2n) is 4.19. The van der Waals surface area contributed by atoms with E-state index < -0.39 is 22.3 Å². The first-order chi connectivity index (χ1) is 7.43. The van der Waals surface area contributed by atoms with Crippen LogP contribution < -0.4 is 0 Å². The Bertz CT molecular complexity index is 443. The smallest absolute Gasteiger partial charge is 0.198 e. The number of hydrogen-bond acceptors (Lipinski definition) is 1. The maximum absolute atomic E-state index is 13.5. The van der Waals surface area contributed by atoms with E-state index in [4.69, 9.17) is 0 Å². The summed E-state index contributed by atoms with van der Waals surface area (Å²) in [4.78, 5) is 0. The van der Waals surface area contributed by atoms with Gasteiger partial charge in [0.1, 0.15) is 0 Å². The summed E-state index contributed by atoms with van der Waals surface area (Å²) in [5.74, 6) is -5.16. The van der Waals surface area contributed by atoms with Crippen molar-refractivity contribution in [1.29, 1.82) is 0 Å². The van der Waals surface area contributed by atoms with Crippen LogP contribution in [-0.4, -0.2) is 11.2 Å². The van der Waals surface area contributed by atoms with Gasteiger partial charge in [0, 0.05) is 5.25 Å². The molecule has 2 atom stereocenters. The lowest BCUT2D eigenvalue weighted by molar-refractivity contribution is -0.172. The van der Waals surface area contributed by atoms with Crippen molar-refractivity contribution in [2.75, 3.05) is 0 Å². The molecule has 1 fully saturated rings. The molecule has 1 aliphatic heterocycles. The average molecular weight is 248 g/mol. The van der Waals surface area contributed by atoms with Crippen LogP contribution >= 0.6 is 11.8 Å². The Morgan fingerprint density at radius 2 is 1.81 bits per heavy atom. The number of halogens is 4. The summed E-state index contributed by atoms with van der Waals surface area (Å²) in [7, 11) is 0. The maximum Gasteiger partial charge on any atom is 0.357 e. The molecule has 0 bridgehead atoms. The fourth-order valence-electron chi connectivity index (χ4n) is 2.48. The summed E-state index contributed by atoms with van der Waals surface area (Å²) in [5.41, 5.74) is 1.43. The molecule has 1 aliphatic carbocycles. The number of alkyl halides is 4. The minimum Gasteiger partial charge on any atom is -0.198 e. The molecule has 0 amide bonds. The van der Waals surface area contributed by atoms with Gasteiger partial charge in [0.25, 0.3) is 0 Å². The Balaban J connectivity index is 2.08. The van der Waals surface area contributed by atoms with Gasteiger partial charge in [-0.3, -0.25) is 0 Å². The summed E-state index contributed by atoms with van der Waals surface area (Å²) in [5, 5.41) is -4.70.